The lowest BCUT2D eigenvalue weighted by molar-refractivity contribution is -0.172. The summed E-state index contributed by atoms with van der Waals surface area (Å²) in [6, 6.07) is 5.41. The number of nitriles is 1. The van der Waals surface area contributed by atoms with Crippen LogP contribution in [0.5, 0.6) is 0 Å². The Labute approximate surface area is 163 Å². The predicted octanol–water partition coefficient (Wildman–Crippen LogP) is 4.27. The Kier molecular flexibility index (Phi) is 4.90. The third-order valence-corrected chi connectivity index (χ3v) is 7.02. The Morgan fingerprint density at radius 1 is 1.22 bits per heavy atom. The van der Waals surface area contributed by atoms with Crippen LogP contribution in [-0.2, 0) is 14.3 Å². The summed E-state index contributed by atoms with van der Waals surface area (Å²) in [4.78, 5) is 25.9. The molecule has 4 aliphatic carbocycles. The Morgan fingerprint density at radius 2 is 1.85 bits per heavy atom. The summed E-state index contributed by atoms with van der Waals surface area (Å²) in [6.45, 7) is 1.63. The number of nitrogens with zero attached hydrogens (tertiary/aromatic N) is 1. The number of nitrogens with one attached hydrogen (secondary N) is 1. The number of rotatable bonds is 5. The molecule has 0 unspecified atom stereocenters. The van der Waals surface area contributed by atoms with Crippen LogP contribution in [0.4, 0.5) is 5.69 Å². The molecule has 6 heteroatoms. The fourth-order valence-electron chi connectivity index (χ4n) is 5.72. The van der Waals surface area contributed by atoms with Crippen LogP contribution in [0, 0.1) is 40.8 Å². The second kappa shape index (κ2) is 7.20. The molecule has 5 rings (SSSR count). The van der Waals surface area contributed by atoms with Crippen LogP contribution < -0.4 is 5.32 Å². The van der Waals surface area contributed by atoms with Crippen LogP contribution in [0.25, 0.3) is 0 Å². The van der Waals surface area contributed by atoms with Gasteiger partial charge in [0.1, 0.15) is 5.40 Å². The van der Waals surface area contributed by atoms with E-state index in [2.05, 4.69) is 5.32 Å². The minimum atomic E-state index is -0.332. The molecule has 4 saturated carbocycles. The largest absolute Gasteiger partial charge is 0.455 e. The van der Waals surface area contributed by atoms with E-state index in [-0.39, 0.29) is 23.9 Å². The molecular formula is C21H24N2O3S. The minimum Gasteiger partial charge on any atom is -0.455 e. The Morgan fingerprint density at radius 3 is 2.41 bits per heavy atom. The molecule has 1 N–H and O–H groups in total. The molecule has 1 aromatic carbocycles. The smallest absolute Gasteiger partial charge is 0.312 e. The lowest BCUT2D eigenvalue weighted by Gasteiger charge is -2.55. The van der Waals surface area contributed by atoms with Crippen LogP contribution in [0.2, 0.25) is 0 Å². The number of carbonyl (C=O) groups is 2. The first-order valence-electron chi connectivity index (χ1n) is 9.61. The SMILES string of the molecule is Cc1cc(SC#N)ccc1NC(=O)COC(=O)C12CC3CC(CC(C3)C1)C2. The van der Waals surface area contributed by atoms with E-state index in [1.807, 2.05) is 18.4 Å². The highest BCUT2D eigenvalue weighted by Gasteiger charge is 2.55. The van der Waals surface area contributed by atoms with Crippen molar-refractivity contribution in [3.63, 3.8) is 0 Å². The van der Waals surface area contributed by atoms with Crippen LogP contribution in [0.1, 0.15) is 44.1 Å². The maximum Gasteiger partial charge on any atom is 0.312 e. The van der Waals surface area contributed by atoms with Crippen molar-refractivity contribution in [3.8, 4) is 5.40 Å². The fraction of sp³-hybridized carbons (Fsp3) is 0.571. The molecule has 0 aromatic heterocycles. The topological polar surface area (TPSA) is 79.2 Å². The zero-order valence-corrected chi connectivity index (χ0v) is 16.3. The maximum atomic E-state index is 12.8. The quantitative estimate of drug-likeness (QED) is 0.466. The summed E-state index contributed by atoms with van der Waals surface area (Å²) < 4.78 is 5.46. The Bertz CT molecular complexity index is 779. The molecular weight excluding hydrogens is 360 g/mol. The number of benzene rings is 1. The van der Waals surface area contributed by atoms with Crippen molar-refractivity contribution in [2.75, 3.05) is 11.9 Å². The zero-order valence-electron chi connectivity index (χ0n) is 15.5. The molecule has 0 saturated heterocycles. The van der Waals surface area contributed by atoms with Gasteiger partial charge in [-0.25, -0.2) is 0 Å². The molecule has 142 valence electrons. The van der Waals surface area contributed by atoms with E-state index in [0.29, 0.717) is 23.4 Å². The average Bonchev–Trinajstić information content (AvgIpc) is 2.61. The molecule has 4 aliphatic rings. The van der Waals surface area contributed by atoms with Gasteiger partial charge in [0.2, 0.25) is 0 Å². The van der Waals surface area contributed by atoms with Crippen molar-refractivity contribution in [2.24, 2.45) is 23.2 Å². The maximum absolute atomic E-state index is 12.8. The number of esters is 1. The van der Waals surface area contributed by atoms with Gasteiger partial charge in [0, 0.05) is 10.6 Å². The lowest BCUT2D eigenvalue weighted by atomic mass is 9.49. The number of anilines is 1. The van der Waals surface area contributed by atoms with E-state index in [4.69, 9.17) is 10.00 Å². The number of hydrogen-bond acceptors (Lipinski definition) is 5. The molecule has 27 heavy (non-hydrogen) atoms. The summed E-state index contributed by atoms with van der Waals surface area (Å²) in [6.07, 6.45) is 6.63. The van der Waals surface area contributed by atoms with E-state index in [9.17, 15) is 9.59 Å². The van der Waals surface area contributed by atoms with Gasteiger partial charge >= 0.3 is 5.97 Å². The van der Waals surface area contributed by atoms with E-state index >= 15 is 0 Å². The normalized spacial score (nSPS) is 30.6. The van der Waals surface area contributed by atoms with E-state index in [1.54, 1.807) is 12.1 Å². The second-order valence-corrected chi connectivity index (χ2v) is 9.35. The molecule has 0 aliphatic heterocycles. The molecule has 1 amide bonds. The van der Waals surface area contributed by atoms with Crippen molar-refractivity contribution >= 4 is 29.3 Å². The van der Waals surface area contributed by atoms with Gasteiger partial charge in [-0.3, -0.25) is 9.59 Å². The van der Waals surface area contributed by atoms with E-state index in [1.165, 1.54) is 19.3 Å². The van der Waals surface area contributed by atoms with Crippen molar-refractivity contribution < 1.29 is 14.3 Å². The number of amides is 1. The monoisotopic (exact) mass is 384 g/mol. The summed E-state index contributed by atoms with van der Waals surface area (Å²) in [7, 11) is 0. The number of carbonyl (C=O) groups excluding carboxylic acids is 2. The number of aryl methyl sites for hydroxylation is 1. The summed E-state index contributed by atoms with van der Waals surface area (Å²) in [5, 5.41) is 13.6. The van der Waals surface area contributed by atoms with Gasteiger partial charge in [-0.15, -0.1) is 0 Å². The van der Waals surface area contributed by atoms with E-state index in [0.717, 1.165) is 41.5 Å². The third-order valence-electron chi connectivity index (χ3n) is 6.44. The molecule has 4 bridgehead atoms. The van der Waals surface area contributed by atoms with Gasteiger partial charge in [0.15, 0.2) is 6.61 Å². The van der Waals surface area contributed by atoms with Crippen LogP contribution in [-0.4, -0.2) is 18.5 Å². The Hall–Kier alpha value is -2.00. The fourth-order valence-corrected chi connectivity index (χ4v) is 6.20. The number of thioether (sulfide) groups is 1. The first-order valence-corrected chi connectivity index (χ1v) is 10.4. The summed E-state index contributed by atoms with van der Waals surface area (Å²) >= 11 is 1.08. The molecule has 1 aromatic rings. The number of ether oxygens (including phenoxy) is 1. The Balaban J connectivity index is 1.33. The molecule has 4 fully saturated rings. The van der Waals surface area contributed by atoms with Gasteiger partial charge in [-0.1, -0.05) is 0 Å². The van der Waals surface area contributed by atoms with Gasteiger partial charge < -0.3 is 10.1 Å². The van der Waals surface area contributed by atoms with Gasteiger partial charge in [0.25, 0.3) is 5.91 Å². The standard InChI is InChI=1S/C21H24N2O3S/c1-13-4-17(27-12-22)2-3-18(13)23-19(24)11-26-20(25)21-8-14-5-15(9-21)7-16(6-14)10-21/h2-4,14-16H,5-11H2,1H3,(H,23,24). The highest BCUT2D eigenvalue weighted by Crippen LogP contribution is 2.60. The van der Waals surface area contributed by atoms with Crippen LogP contribution in [0.15, 0.2) is 23.1 Å². The first kappa shape index (κ1) is 18.4. The van der Waals surface area contributed by atoms with Gasteiger partial charge in [0.05, 0.1) is 5.41 Å². The third kappa shape index (κ3) is 3.70. The molecule has 5 nitrogen and oxygen atoms in total. The highest BCUT2D eigenvalue weighted by molar-refractivity contribution is 8.03. The summed E-state index contributed by atoms with van der Waals surface area (Å²) in [5.74, 6) is 1.52. The van der Waals surface area contributed by atoms with Crippen molar-refractivity contribution in [1.82, 2.24) is 0 Å². The molecule has 0 radical (unpaired) electrons. The molecule has 0 spiro atoms. The van der Waals surface area contributed by atoms with E-state index < -0.39 is 0 Å². The average molecular weight is 385 g/mol. The van der Waals surface area contributed by atoms with Gasteiger partial charge in [-0.2, -0.15) is 5.26 Å². The van der Waals surface area contributed by atoms with Crippen LogP contribution >= 0.6 is 11.8 Å². The summed E-state index contributed by atoms with van der Waals surface area (Å²) in [5.41, 5.74) is 1.21. The van der Waals surface area contributed by atoms with Crippen molar-refractivity contribution in [1.29, 1.82) is 5.26 Å². The van der Waals surface area contributed by atoms with Gasteiger partial charge in [-0.05, 0) is 98.7 Å². The van der Waals surface area contributed by atoms with Crippen molar-refractivity contribution in [2.45, 2.75) is 50.3 Å². The number of hydrogen-bond donors (Lipinski definition) is 1. The zero-order chi connectivity index (χ0) is 19.0. The lowest BCUT2D eigenvalue weighted by Crippen LogP contribution is -2.50. The second-order valence-electron chi connectivity index (χ2n) is 8.49. The van der Waals surface area contributed by atoms with Crippen LogP contribution in [0.3, 0.4) is 0 Å². The van der Waals surface area contributed by atoms with Crippen molar-refractivity contribution in [3.05, 3.63) is 23.8 Å². The minimum absolute atomic E-state index is 0.172. The first-order chi connectivity index (χ1) is 13.0. The number of thiocyanates is 1. The predicted molar refractivity (Wildman–Crippen MR) is 103 cm³/mol. The molecule has 0 heterocycles. The molecule has 0 atom stereocenters. The highest BCUT2D eigenvalue weighted by atomic mass is 32.2.